The van der Waals surface area contributed by atoms with Gasteiger partial charge in [0.25, 0.3) is 0 Å². The number of urea groups is 1. The monoisotopic (exact) mass is 502 g/mol. The quantitative estimate of drug-likeness (QED) is 0.623. The summed E-state index contributed by atoms with van der Waals surface area (Å²) >= 11 is 5.91. The molecule has 2 atom stereocenters. The SMILES string of the molecule is CO[C@H]1CN(C(=O)Nc2ccc(Cl)cc2)[C@@](C)(C(=O)Nc2ccc(N3CCCCC3=O)cc2F)C1. The first kappa shape index (κ1) is 24.9. The molecular weight excluding hydrogens is 475 g/mol. The van der Waals surface area contributed by atoms with Crippen LogP contribution in [-0.4, -0.2) is 54.6 Å². The third kappa shape index (κ3) is 5.26. The zero-order chi connectivity index (χ0) is 25.2. The van der Waals surface area contributed by atoms with E-state index in [4.69, 9.17) is 16.3 Å². The Morgan fingerprint density at radius 3 is 2.54 bits per heavy atom. The van der Waals surface area contributed by atoms with E-state index < -0.39 is 23.3 Å². The van der Waals surface area contributed by atoms with Gasteiger partial charge in [-0.1, -0.05) is 11.6 Å². The predicted octanol–water partition coefficient (Wildman–Crippen LogP) is 4.65. The lowest BCUT2D eigenvalue weighted by molar-refractivity contribution is -0.124. The molecule has 2 aromatic carbocycles. The molecule has 186 valence electrons. The van der Waals surface area contributed by atoms with Crippen molar-refractivity contribution in [3.8, 4) is 0 Å². The topological polar surface area (TPSA) is 91.0 Å². The minimum absolute atomic E-state index is 0.0247. The fourth-order valence-corrected chi connectivity index (χ4v) is 4.66. The van der Waals surface area contributed by atoms with Gasteiger partial charge in [0.1, 0.15) is 11.4 Å². The van der Waals surface area contributed by atoms with E-state index in [-0.39, 0.29) is 30.7 Å². The highest BCUT2D eigenvalue weighted by Gasteiger charge is 2.50. The molecule has 0 aromatic heterocycles. The number of piperidine rings is 1. The number of nitrogens with zero attached hydrogens (tertiary/aromatic N) is 2. The highest BCUT2D eigenvalue weighted by atomic mass is 35.5. The van der Waals surface area contributed by atoms with Gasteiger partial charge in [0.15, 0.2) is 0 Å². The van der Waals surface area contributed by atoms with Crippen LogP contribution in [0.3, 0.4) is 0 Å². The summed E-state index contributed by atoms with van der Waals surface area (Å²) < 4.78 is 20.4. The molecule has 4 rings (SSSR count). The number of hydrogen-bond acceptors (Lipinski definition) is 4. The van der Waals surface area contributed by atoms with Crippen molar-refractivity contribution in [3.63, 3.8) is 0 Å². The molecule has 0 bridgehead atoms. The highest BCUT2D eigenvalue weighted by molar-refractivity contribution is 6.30. The first-order valence-corrected chi connectivity index (χ1v) is 11.9. The summed E-state index contributed by atoms with van der Waals surface area (Å²) in [7, 11) is 1.52. The Morgan fingerprint density at radius 1 is 1.14 bits per heavy atom. The third-order valence-corrected chi connectivity index (χ3v) is 6.86. The fourth-order valence-electron chi connectivity index (χ4n) is 4.54. The average molecular weight is 503 g/mol. The van der Waals surface area contributed by atoms with E-state index in [0.29, 0.717) is 29.4 Å². The number of carbonyl (C=O) groups is 3. The summed E-state index contributed by atoms with van der Waals surface area (Å²) in [5.74, 6) is -1.24. The number of methoxy groups -OCH3 is 1. The standard InChI is InChI=1S/C25H28ClFN4O4/c1-25(14-19(35-2)15-31(25)24(34)28-17-8-6-16(26)7-9-17)23(33)29-21-11-10-18(13-20(21)27)30-12-4-3-5-22(30)32/h6-11,13,19H,3-5,12,14-15H2,1-2H3,(H,28,34)(H,29,33)/t19-,25-/m1/s1. The smallest absolute Gasteiger partial charge is 0.322 e. The van der Waals surface area contributed by atoms with Crippen molar-refractivity contribution >= 4 is 46.5 Å². The molecule has 0 radical (unpaired) electrons. The molecule has 8 nitrogen and oxygen atoms in total. The molecule has 2 aliphatic heterocycles. The van der Waals surface area contributed by atoms with Crippen LogP contribution in [0.4, 0.5) is 26.2 Å². The van der Waals surface area contributed by atoms with Gasteiger partial charge in [-0.25, -0.2) is 9.18 Å². The molecule has 35 heavy (non-hydrogen) atoms. The van der Waals surface area contributed by atoms with Gasteiger partial charge in [-0.15, -0.1) is 0 Å². The normalized spacial score (nSPS) is 22.3. The molecule has 10 heteroatoms. The third-order valence-electron chi connectivity index (χ3n) is 6.61. The molecular formula is C25H28ClFN4O4. The van der Waals surface area contributed by atoms with E-state index in [9.17, 15) is 18.8 Å². The molecule has 2 N–H and O–H groups in total. The number of benzene rings is 2. The lowest BCUT2D eigenvalue weighted by Crippen LogP contribution is -2.54. The molecule has 0 spiro atoms. The number of nitrogens with one attached hydrogen (secondary N) is 2. The average Bonchev–Trinajstić information content (AvgIpc) is 3.20. The Balaban J connectivity index is 1.51. The van der Waals surface area contributed by atoms with Crippen molar-refractivity contribution in [2.45, 2.75) is 44.2 Å². The lowest BCUT2D eigenvalue weighted by Gasteiger charge is -2.33. The minimum Gasteiger partial charge on any atom is -0.380 e. The Labute approximate surface area is 208 Å². The number of anilines is 3. The Hall–Kier alpha value is -3.17. The second-order valence-electron chi connectivity index (χ2n) is 9.00. The van der Waals surface area contributed by atoms with Crippen LogP contribution < -0.4 is 15.5 Å². The number of carbonyl (C=O) groups excluding carboxylic acids is 3. The molecule has 2 saturated heterocycles. The van der Waals surface area contributed by atoms with Gasteiger partial charge in [0.05, 0.1) is 11.8 Å². The summed E-state index contributed by atoms with van der Waals surface area (Å²) in [6, 6.07) is 10.4. The van der Waals surface area contributed by atoms with Crippen LogP contribution in [-0.2, 0) is 14.3 Å². The van der Waals surface area contributed by atoms with E-state index in [0.717, 1.165) is 12.8 Å². The number of halogens is 2. The van der Waals surface area contributed by atoms with Crippen LogP contribution in [0.25, 0.3) is 0 Å². The number of amides is 4. The van der Waals surface area contributed by atoms with Crippen LogP contribution in [0, 0.1) is 5.82 Å². The summed E-state index contributed by atoms with van der Waals surface area (Å²) in [6.07, 6.45) is 2.01. The fraction of sp³-hybridized carbons (Fsp3) is 0.400. The molecule has 2 heterocycles. The van der Waals surface area contributed by atoms with Crippen LogP contribution in [0.5, 0.6) is 0 Å². The van der Waals surface area contributed by atoms with Crippen molar-refractivity contribution in [1.29, 1.82) is 0 Å². The summed E-state index contributed by atoms with van der Waals surface area (Å²) in [5.41, 5.74) is -0.327. The van der Waals surface area contributed by atoms with E-state index in [1.807, 2.05) is 0 Å². The van der Waals surface area contributed by atoms with Crippen molar-refractivity contribution < 1.29 is 23.5 Å². The van der Waals surface area contributed by atoms with Crippen molar-refractivity contribution in [2.75, 3.05) is 35.7 Å². The number of ether oxygens (including phenoxy) is 1. The van der Waals surface area contributed by atoms with Gasteiger partial charge in [0, 0.05) is 49.4 Å². The molecule has 2 aliphatic rings. The second kappa shape index (κ2) is 10.2. The van der Waals surface area contributed by atoms with Gasteiger partial charge < -0.3 is 25.2 Å². The minimum atomic E-state index is -1.29. The first-order chi connectivity index (χ1) is 16.7. The van der Waals surface area contributed by atoms with E-state index in [2.05, 4.69) is 10.6 Å². The predicted molar refractivity (Wildman–Crippen MR) is 132 cm³/mol. The maximum Gasteiger partial charge on any atom is 0.322 e. The summed E-state index contributed by atoms with van der Waals surface area (Å²) in [6.45, 7) is 2.36. The zero-order valence-electron chi connectivity index (χ0n) is 19.6. The van der Waals surface area contributed by atoms with Crippen molar-refractivity contribution in [3.05, 3.63) is 53.3 Å². The maximum absolute atomic E-state index is 14.9. The van der Waals surface area contributed by atoms with E-state index in [1.165, 1.54) is 24.1 Å². The van der Waals surface area contributed by atoms with E-state index in [1.54, 1.807) is 42.2 Å². The molecule has 0 saturated carbocycles. The van der Waals surface area contributed by atoms with E-state index >= 15 is 0 Å². The first-order valence-electron chi connectivity index (χ1n) is 11.5. The number of likely N-dealkylation sites (tertiary alicyclic amines) is 1. The highest BCUT2D eigenvalue weighted by Crippen LogP contribution is 2.34. The van der Waals surface area contributed by atoms with Gasteiger partial charge in [-0.05, 0) is 62.2 Å². The summed E-state index contributed by atoms with van der Waals surface area (Å²) in [5, 5.41) is 5.93. The van der Waals surface area contributed by atoms with Gasteiger partial charge in [0.2, 0.25) is 11.8 Å². The van der Waals surface area contributed by atoms with Crippen LogP contribution in [0.2, 0.25) is 5.02 Å². The molecule has 2 fully saturated rings. The largest absolute Gasteiger partial charge is 0.380 e. The van der Waals surface area contributed by atoms with Crippen LogP contribution in [0.1, 0.15) is 32.6 Å². The Kier molecular flexibility index (Phi) is 7.28. The summed E-state index contributed by atoms with van der Waals surface area (Å²) in [4.78, 5) is 41.6. The molecule has 2 aromatic rings. The molecule has 0 aliphatic carbocycles. The van der Waals surface area contributed by atoms with Gasteiger partial charge >= 0.3 is 6.03 Å². The van der Waals surface area contributed by atoms with Gasteiger partial charge in [-0.2, -0.15) is 0 Å². The maximum atomic E-state index is 14.9. The Bertz CT molecular complexity index is 1130. The number of hydrogen-bond donors (Lipinski definition) is 2. The molecule has 0 unspecified atom stereocenters. The van der Waals surface area contributed by atoms with Crippen molar-refractivity contribution in [2.24, 2.45) is 0 Å². The molecule has 4 amide bonds. The second-order valence-corrected chi connectivity index (χ2v) is 9.44. The van der Waals surface area contributed by atoms with Crippen molar-refractivity contribution in [1.82, 2.24) is 4.90 Å². The Morgan fingerprint density at radius 2 is 1.89 bits per heavy atom. The number of rotatable bonds is 5. The van der Waals surface area contributed by atoms with Crippen LogP contribution >= 0.6 is 11.6 Å². The van der Waals surface area contributed by atoms with Gasteiger partial charge in [-0.3, -0.25) is 9.59 Å². The van der Waals surface area contributed by atoms with Crippen LogP contribution in [0.15, 0.2) is 42.5 Å². The lowest BCUT2D eigenvalue weighted by atomic mass is 9.96. The zero-order valence-corrected chi connectivity index (χ0v) is 20.4.